The summed E-state index contributed by atoms with van der Waals surface area (Å²) in [4.78, 5) is 17.3. The van der Waals surface area contributed by atoms with Gasteiger partial charge in [-0.1, -0.05) is 110 Å². The highest BCUT2D eigenvalue weighted by molar-refractivity contribution is 7.98. The van der Waals surface area contributed by atoms with Crippen molar-refractivity contribution in [1.82, 2.24) is 0 Å². The molecule has 0 saturated carbocycles. The number of hydrogen-bond acceptors (Lipinski definition) is 4. The molecule has 2 unspecified atom stereocenters. The second kappa shape index (κ2) is 20.0. The topological polar surface area (TPSA) is 38.7 Å². The summed E-state index contributed by atoms with van der Waals surface area (Å²) in [5.41, 5.74) is 2.68. The van der Waals surface area contributed by atoms with E-state index in [1.807, 2.05) is 6.21 Å². The van der Waals surface area contributed by atoms with Gasteiger partial charge in [0.05, 0.1) is 6.61 Å². The van der Waals surface area contributed by atoms with Gasteiger partial charge in [-0.15, -0.1) is 0 Å². The Morgan fingerprint density at radius 3 is 2.09 bits per heavy atom. The van der Waals surface area contributed by atoms with Crippen LogP contribution < -0.4 is 0 Å². The van der Waals surface area contributed by atoms with Gasteiger partial charge in [0, 0.05) is 6.21 Å². The molecule has 0 bridgehead atoms. The summed E-state index contributed by atoms with van der Waals surface area (Å²) < 4.78 is 5.60. The Hall–Kier alpha value is -1.29. The molecule has 0 N–H and O–H groups in total. The Labute approximate surface area is 214 Å². The van der Waals surface area contributed by atoms with Crippen molar-refractivity contribution in [2.45, 2.75) is 117 Å². The van der Waals surface area contributed by atoms with Crippen LogP contribution in [0.2, 0.25) is 0 Å². The molecular formula is C30H51NO2S. The van der Waals surface area contributed by atoms with Gasteiger partial charge in [-0.2, -0.15) is 11.8 Å². The highest BCUT2D eigenvalue weighted by Crippen LogP contribution is 2.17. The van der Waals surface area contributed by atoms with Crippen LogP contribution in [0, 0.1) is 5.92 Å². The molecule has 0 aliphatic rings. The fraction of sp³-hybridized carbons (Fsp3) is 0.733. The van der Waals surface area contributed by atoms with Crippen LogP contribution in [0.4, 0.5) is 0 Å². The van der Waals surface area contributed by atoms with E-state index in [0.717, 1.165) is 31.4 Å². The summed E-state index contributed by atoms with van der Waals surface area (Å²) in [6, 6.07) is 8.49. The molecule has 0 amide bonds. The molecule has 1 aromatic carbocycles. The quantitative estimate of drug-likeness (QED) is 0.104. The highest BCUT2D eigenvalue weighted by Gasteiger charge is 2.18. The first-order valence-corrected chi connectivity index (χ1v) is 15.1. The van der Waals surface area contributed by atoms with Crippen LogP contribution in [0.3, 0.4) is 0 Å². The first-order valence-electron chi connectivity index (χ1n) is 13.8. The van der Waals surface area contributed by atoms with E-state index in [4.69, 9.17) is 4.74 Å². The number of thioether (sulfide) groups is 1. The predicted octanol–water partition coefficient (Wildman–Crippen LogP) is 8.65. The number of hydrogen-bond donors (Lipinski definition) is 0. The van der Waals surface area contributed by atoms with E-state index >= 15 is 0 Å². The van der Waals surface area contributed by atoms with E-state index in [1.54, 1.807) is 11.8 Å². The van der Waals surface area contributed by atoms with Crippen LogP contribution in [-0.4, -0.2) is 36.8 Å². The van der Waals surface area contributed by atoms with E-state index < -0.39 is 0 Å². The van der Waals surface area contributed by atoms with Gasteiger partial charge < -0.3 is 4.74 Å². The average Bonchev–Trinajstić information content (AvgIpc) is 2.82. The zero-order valence-corrected chi connectivity index (χ0v) is 23.5. The maximum absolute atomic E-state index is 12.6. The normalized spacial score (nSPS) is 13.5. The van der Waals surface area contributed by atoms with E-state index in [9.17, 15) is 4.79 Å². The average molecular weight is 490 g/mol. The maximum Gasteiger partial charge on any atom is 0.330 e. The number of carbonyl (C=O) groups excluding carboxylic acids is 1. The minimum absolute atomic E-state index is 0.158. The van der Waals surface area contributed by atoms with Crippen LogP contribution in [-0.2, 0) is 16.0 Å². The molecule has 0 aliphatic heterocycles. The molecule has 34 heavy (non-hydrogen) atoms. The smallest absolute Gasteiger partial charge is 0.330 e. The standard InChI is InChI=1S/C30H51NO2S/c1-6-7-8-9-10-11-12-13-14-15-21-33-30(32)29(20-22-34-5)31-24-26(4)23-27-16-18-28(19-17-27)25(2)3/h16-19,24-26,29H,6-15,20-23H2,1-5H3. The molecule has 0 saturated heterocycles. The van der Waals surface area contributed by atoms with E-state index in [0.29, 0.717) is 12.5 Å². The summed E-state index contributed by atoms with van der Waals surface area (Å²) in [6.45, 7) is 9.39. The number of ether oxygens (including phenoxy) is 1. The minimum Gasteiger partial charge on any atom is -0.464 e. The Balaban J connectivity index is 2.33. The largest absolute Gasteiger partial charge is 0.464 e. The molecule has 3 nitrogen and oxygen atoms in total. The lowest BCUT2D eigenvalue weighted by atomic mass is 9.97. The Morgan fingerprint density at radius 1 is 0.941 bits per heavy atom. The third kappa shape index (κ3) is 14.9. The van der Waals surface area contributed by atoms with Crippen molar-refractivity contribution in [3.8, 4) is 0 Å². The van der Waals surface area contributed by atoms with E-state index in [2.05, 4.69) is 63.2 Å². The fourth-order valence-corrected chi connectivity index (χ4v) is 4.51. The van der Waals surface area contributed by atoms with Crippen LogP contribution in [0.5, 0.6) is 0 Å². The fourth-order valence-electron chi connectivity index (χ4n) is 4.06. The molecule has 0 aromatic heterocycles. The minimum atomic E-state index is -0.374. The lowest BCUT2D eigenvalue weighted by Crippen LogP contribution is -2.23. The molecule has 1 aromatic rings. The number of unbranched alkanes of at least 4 members (excludes halogenated alkanes) is 9. The van der Waals surface area contributed by atoms with Crippen molar-refractivity contribution in [2.75, 3.05) is 18.6 Å². The van der Waals surface area contributed by atoms with Crippen LogP contribution >= 0.6 is 11.8 Å². The summed E-state index contributed by atoms with van der Waals surface area (Å²) in [7, 11) is 0. The van der Waals surface area contributed by atoms with E-state index in [-0.39, 0.29) is 17.9 Å². The first kappa shape index (κ1) is 30.7. The second-order valence-electron chi connectivity index (χ2n) is 10.0. The van der Waals surface area contributed by atoms with Gasteiger partial charge >= 0.3 is 5.97 Å². The van der Waals surface area contributed by atoms with E-state index in [1.165, 1.54) is 62.5 Å². The lowest BCUT2D eigenvalue weighted by molar-refractivity contribution is -0.145. The number of benzene rings is 1. The van der Waals surface area contributed by atoms with Crippen LogP contribution in [0.1, 0.15) is 115 Å². The molecule has 0 heterocycles. The zero-order chi connectivity index (χ0) is 25.0. The third-order valence-corrected chi connectivity index (χ3v) is 6.98. The molecule has 0 spiro atoms. The van der Waals surface area contributed by atoms with Gasteiger partial charge in [-0.25, -0.2) is 4.79 Å². The number of rotatable bonds is 20. The van der Waals surface area contributed by atoms with Crippen molar-refractivity contribution in [1.29, 1.82) is 0 Å². The number of nitrogens with zero attached hydrogens (tertiary/aromatic N) is 1. The SMILES string of the molecule is CCCCCCCCCCCCOC(=O)C(CCSC)N=CC(C)Cc1ccc(C(C)C)cc1. The predicted molar refractivity (Wildman–Crippen MR) is 151 cm³/mol. The molecule has 194 valence electrons. The van der Waals surface area contributed by atoms with Crippen molar-refractivity contribution < 1.29 is 9.53 Å². The van der Waals surface area contributed by atoms with Gasteiger partial charge in [-0.05, 0) is 54.2 Å². The molecule has 0 radical (unpaired) electrons. The molecular weight excluding hydrogens is 438 g/mol. The van der Waals surface area contributed by atoms with Gasteiger partial charge in [0.25, 0.3) is 0 Å². The summed E-state index contributed by atoms with van der Waals surface area (Å²) in [6.07, 6.45) is 18.5. The van der Waals surface area contributed by atoms with Gasteiger partial charge in [0.2, 0.25) is 0 Å². The molecule has 0 aliphatic carbocycles. The van der Waals surface area contributed by atoms with Crippen LogP contribution in [0.25, 0.3) is 0 Å². The van der Waals surface area contributed by atoms with Crippen molar-refractivity contribution in [2.24, 2.45) is 10.9 Å². The Morgan fingerprint density at radius 2 is 1.53 bits per heavy atom. The van der Waals surface area contributed by atoms with Crippen LogP contribution in [0.15, 0.2) is 29.3 Å². The summed E-state index contributed by atoms with van der Waals surface area (Å²) in [5, 5.41) is 0. The third-order valence-electron chi connectivity index (χ3n) is 6.33. The molecule has 1 rings (SSSR count). The monoisotopic (exact) mass is 489 g/mol. The van der Waals surface area contributed by atoms with Gasteiger partial charge in [0.15, 0.2) is 0 Å². The maximum atomic E-state index is 12.6. The van der Waals surface area contributed by atoms with Gasteiger partial charge in [0.1, 0.15) is 6.04 Å². The summed E-state index contributed by atoms with van der Waals surface area (Å²) in [5.74, 6) is 1.60. The Bertz CT molecular complexity index is 656. The van der Waals surface area contributed by atoms with Crippen molar-refractivity contribution >= 4 is 23.9 Å². The van der Waals surface area contributed by atoms with Crippen molar-refractivity contribution in [3.63, 3.8) is 0 Å². The summed E-state index contributed by atoms with van der Waals surface area (Å²) >= 11 is 1.75. The molecule has 4 heteroatoms. The number of carbonyl (C=O) groups is 1. The lowest BCUT2D eigenvalue weighted by Gasteiger charge is -2.13. The highest BCUT2D eigenvalue weighted by atomic mass is 32.2. The first-order chi connectivity index (χ1) is 16.5. The zero-order valence-electron chi connectivity index (χ0n) is 22.7. The van der Waals surface area contributed by atoms with Crippen molar-refractivity contribution in [3.05, 3.63) is 35.4 Å². The second-order valence-corrected chi connectivity index (χ2v) is 11.0. The Kier molecular flexibility index (Phi) is 18.0. The molecule has 2 atom stereocenters. The van der Waals surface area contributed by atoms with Gasteiger partial charge in [-0.3, -0.25) is 4.99 Å². The molecule has 0 fully saturated rings. The number of aliphatic imine (C=N–C) groups is 1. The number of esters is 1.